The van der Waals surface area contributed by atoms with E-state index in [4.69, 9.17) is 5.73 Å². The molecule has 0 bridgehead atoms. The zero-order chi connectivity index (χ0) is 14.6. The van der Waals surface area contributed by atoms with Crippen LogP contribution in [0.3, 0.4) is 0 Å². The first-order valence-electron chi connectivity index (χ1n) is 6.32. The van der Waals surface area contributed by atoms with E-state index in [0.717, 1.165) is 11.4 Å². The molecule has 3 N–H and O–H groups in total. The monoisotopic (exact) mass is 314 g/mol. The Labute approximate surface area is 122 Å². The Morgan fingerprint density at radius 1 is 1.50 bits per heavy atom. The molecule has 0 fully saturated rings. The van der Waals surface area contributed by atoms with Gasteiger partial charge in [0.15, 0.2) is 0 Å². The Hall–Kier alpha value is -1.22. The summed E-state index contributed by atoms with van der Waals surface area (Å²) in [6.45, 7) is 3.30. The van der Waals surface area contributed by atoms with Gasteiger partial charge in [0.05, 0.1) is 16.1 Å². The molecule has 20 heavy (non-hydrogen) atoms. The van der Waals surface area contributed by atoms with Crippen molar-refractivity contribution in [1.29, 1.82) is 0 Å². The van der Waals surface area contributed by atoms with Gasteiger partial charge in [-0.25, -0.2) is 18.1 Å². The molecule has 6 nitrogen and oxygen atoms in total. The van der Waals surface area contributed by atoms with Crippen LogP contribution >= 0.6 is 11.3 Å². The Bertz CT molecular complexity index is 626. The highest BCUT2D eigenvalue weighted by atomic mass is 32.2. The molecule has 2 aromatic heterocycles. The normalized spacial score (nSPS) is 11.9. The second kappa shape index (κ2) is 6.49. The Balaban J connectivity index is 2.04. The van der Waals surface area contributed by atoms with Crippen LogP contribution in [0.1, 0.15) is 18.3 Å². The van der Waals surface area contributed by atoms with Crippen molar-refractivity contribution in [1.82, 2.24) is 14.3 Å². The molecule has 2 rings (SSSR count). The molecule has 110 valence electrons. The molecule has 0 aliphatic heterocycles. The highest BCUT2D eigenvalue weighted by molar-refractivity contribution is 7.89. The van der Waals surface area contributed by atoms with Gasteiger partial charge in [0.25, 0.3) is 0 Å². The van der Waals surface area contributed by atoms with Crippen molar-refractivity contribution >= 4 is 21.4 Å². The summed E-state index contributed by atoms with van der Waals surface area (Å²) < 4.78 is 28.8. The molecular formula is C12H18N4O2S2. The van der Waals surface area contributed by atoms with Gasteiger partial charge in [0, 0.05) is 43.3 Å². The van der Waals surface area contributed by atoms with E-state index in [1.807, 2.05) is 16.9 Å². The molecule has 0 saturated heterocycles. The van der Waals surface area contributed by atoms with Crippen molar-refractivity contribution in [2.24, 2.45) is 5.73 Å². The van der Waals surface area contributed by atoms with Crippen molar-refractivity contribution in [3.63, 3.8) is 0 Å². The molecule has 8 heteroatoms. The molecule has 0 atom stereocenters. The third kappa shape index (κ3) is 3.45. The second-order valence-corrected chi connectivity index (χ2v) is 6.77. The Kier molecular flexibility index (Phi) is 4.92. The van der Waals surface area contributed by atoms with Gasteiger partial charge in [0.2, 0.25) is 10.0 Å². The highest BCUT2D eigenvalue weighted by Gasteiger charge is 2.17. The van der Waals surface area contributed by atoms with Crippen LogP contribution in [0.4, 0.5) is 0 Å². The number of thiazole rings is 1. The van der Waals surface area contributed by atoms with Crippen LogP contribution in [-0.2, 0) is 29.5 Å². The number of sulfonamides is 1. The lowest BCUT2D eigenvalue weighted by molar-refractivity contribution is 0.581. The van der Waals surface area contributed by atoms with E-state index >= 15 is 0 Å². The van der Waals surface area contributed by atoms with Gasteiger partial charge in [0.1, 0.15) is 0 Å². The lowest BCUT2D eigenvalue weighted by atomic mass is 10.3. The van der Waals surface area contributed by atoms with Crippen LogP contribution in [0.5, 0.6) is 0 Å². The maximum Gasteiger partial charge on any atom is 0.242 e. The average molecular weight is 314 g/mol. The molecule has 0 radical (unpaired) electrons. The molecule has 0 aliphatic rings. The number of nitrogens with two attached hydrogens (primary N) is 1. The van der Waals surface area contributed by atoms with E-state index in [2.05, 4.69) is 9.71 Å². The van der Waals surface area contributed by atoms with Crippen LogP contribution in [0, 0.1) is 0 Å². The highest BCUT2D eigenvalue weighted by Crippen LogP contribution is 2.14. The summed E-state index contributed by atoms with van der Waals surface area (Å²) >= 11 is 1.50. The molecule has 0 spiro atoms. The van der Waals surface area contributed by atoms with Gasteiger partial charge in [-0.3, -0.25) is 0 Å². The summed E-state index contributed by atoms with van der Waals surface area (Å²) in [5, 5.41) is 1.91. The standard InChI is InChI=1S/C12H18N4O2S2/c1-2-16-7-12(5-11(16)6-13)20(17,18)15-4-3-10-8-19-9-14-10/h5,7-9,15H,2-4,6,13H2,1H3. The minimum absolute atomic E-state index is 0.262. The van der Waals surface area contributed by atoms with Crippen molar-refractivity contribution in [2.45, 2.75) is 31.3 Å². The van der Waals surface area contributed by atoms with Crippen molar-refractivity contribution < 1.29 is 8.42 Å². The van der Waals surface area contributed by atoms with E-state index in [1.54, 1.807) is 17.8 Å². The van der Waals surface area contributed by atoms with Gasteiger partial charge >= 0.3 is 0 Å². The number of aryl methyl sites for hydroxylation is 1. The van der Waals surface area contributed by atoms with Crippen molar-refractivity contribution in [3.8, 4) is 0 Å². The number of hydrogen-bond donors (Lipinski definition) is 2. The van der Waals surface area contributed by atoms with Crippen LogP contribution < -0.4 is 10.5 Å². The molecule has 0 aliphatic carbocycles. The fourth-order valence-electron chi connectivity index (χ4n) is 1.90. The van der Waals surface area contributed by atoms with E-state index in [0.29, 0.717) is 26.1 Å². The lowest BCUT2D eigenvalue weighted by Gasteiger charge is -2.03. The number of nitrogens with zero attached hydrogens (tertiary/aromatic N) is 2. The third-order valence-electron chi connectivity index (χ3n) is 2.98. The largest absolute Gasteiger partial charge is 0.349 e. The topological polar surface area (TPSA) is 90.0 Å². The van der Waals surface area contributed by atoms with E-state index in [-0.39, 0.29) is 4.90 Å². The van der Waals surface area contributed by atoms with Gasteiger partial charge in [-0.2, -0.15) is 0 Å². The summed E-state index contributed by atoms with van der Waals surface area (Å²) in [6, 6.07) is 1.62. The third-order valence-corrected chi connectivity index (χ3v) is 5.04. The molecule has 2 heterocycles. The molecule has 0 aromatic carbocycles. The predicted octanol–water partition coefficient (Wildman–Crippen LogP) is 0.944. The summed E-state index contributed by atoms with van der Waals surface area (Å²) in [5.74, 6) is 0. The van der Waals surface area contributed by atoms with Crippen molar-refractivity contribution in [3.05, 3.63) is 34.5 Å². The first kappa shape index (κ1) is 15.2. The Morgan fingerprint density at radius 3 is 2.85 bits per heavy atom. The first-order valence-corrected chi connectivity index (χ1v) is 8.75. The second-order valence-electron chi connectivity index (χ2n) is 4.28. The SMILES string of the molecule is CCn1cc(S(=O)(=O)NCCc2cscn2)cc1CN. The van der Waals surface area contributed by atoms with Crippen LogP contribution in [-0.4, -0.2) is 24.5 Å². The molecule has 0 unspecified atom stereocenters. The number of aromatic nitrogens is 2. The lowest BCUT2D eigenvalue weighted by Crippen LogP contribution is -2.25. The quantitative estimate of drug-likeness (QED) is 0.796. The number of nitrogens with one attached hydrogen (secondary N) is 1. The fourth-order valence-corrected chi connectivity index (χ4v) is 3.58. The zero-order valence-corrected chi connectivity index (χ0v) is 12.9. The van der Waals surface area contributed by atoms with Crippen LogP contribution in [0.15, 0.2) is 28.0 Å². The van der Waals surface area contributed by atoms with Gasteiger partial charge in [-0.1, -0.05) is 0 Å². The maximum absolute atomic E-state index is 12.2. The minimum Gasteiger partial charge on any atom is -0.349 e. The summed E-state index contributed by atoms with van der Waals surface area (Å²) in [5.41, 5.74) is 9.05. The van der Waals surface area contributed by atoms with Crippen molar-refractivity contribution in [2.75, 3.05) is 6.54 Å². The molecular weight excluding hydrogens is 296 g/mol. The van der Waals surface area contributed by atoms with Gasteiger partial charge in [-0.15, -0.1) is 11.3 Å². The molecule has 0 saturated carbocycles. The van der Waals surface area contributed by atoms with Gasteiger partial charge < -0.3 is 10.3 Å². The molecule has 0 amide bonds. The summed E-state index contributed by atoms with van der Waals surface area (Å²) in [4.78, 5) is 4.38. The van der Waals surface area contributed by atoms with Crippen LogP contribution in [0.2, 0.25) is 0 Å². The van der Waals surface area contributed by atoms with Gasteiger partial charge in [-0.05, 0) is 13.0 Å². The molecule has 2 aromatic rings. The van der Waals surface area contributed by atoms with Crippen LogP contribution in [0.25, 0.3) is 0 Å². The van der Waals surface area contributed by atoms with E-state index in [1.165, 1.54) is 11.3 Å². The average Bonchev–Trinajstić information content (AvgIpc) is 3.07. The smallest absolute Gasteiger partial charge is 0.242 e. The van der Waals surface area contributed by atoms with E-state index in [9.17, 15) is 8.42 Å². The minimum atomic E-state index is -3.49. The summed E-state index contributed by atoms with van der Waals surface area (Å²) in [7, 11) is -3.49. The number of rotatable bonds is 7. The van der Waals surface area contributed by atoms with E-state index < -0.39 is 10.0 Å². The number of hydrogen-bond acceptors (Lipinski definition) is 5. The fraction of sp³-hybridized carbons (Fsp3) is 0.417. The predicted molar refractivity (Wildman–Crippen MR) is 79.0 cm³/mol. The Morgan fingerprint density at radius 2 is 2.30 bits per heavy atom. The zero-order valence-electron chi connectivity index (χ0n) is 11.2. The first-order chi connectivity index (χ1) is 9.56. The summed E-state index contributed by atoms with van der Waals surface area (Å²) in [6.07, 6.45) is 2.20. The maximum atomic E-state index is 12.2.